The van der Waals surface area contributed by atoms with Gasteiger partial charge in [0.2, 0.25) is 0 Å². The molecule has 122 valence electrons. The summed E-state index contributed by atoms with van der Waals surface area (Å²) in [6.45, 7) is 15.9. The number of hydrogen-bond acceptors (Lipinski definition) is 4. The highest BCUT2D eigenvalue weighted by atomic mass is 16.5. The molecular weight excluding hydrogens is 280 g/mol. The average Bonchev–Trinajstić information content (AvgIpc) is 2.79. The topological polar surface area (TPSA) is 52.6 Å². The molecule has 0 aliphatic heterocycles. The smallest absolute Gasteiger partial charge is 0.338 e. The van der Waals surface area contributed by atoms with Gasteiger partial charge in [-0.15, -0.1) is 0 Å². The molecule has 0 amide bonds. The summed E-state index contributed by atoms with van der Waals surface area (Å²) in [7, 11) is 0. The molecule has 2 fully saturated rings. The van der Waals surface area contributed by atoms with Crippen LogP contribution in [0.1, 0.15) is 47.0 Å². The minimum Gasteiger partial charge on any atom is -0.462 e. The molecule has 0 N–H and O–H groups in total. The SMILES string of the molecule is C=C(C(=C)C(=O)OC1CC2CCC1(C)C2(C)C)C(=O)OCC. The molecule has 2 aliphatic carbocycles. The van der Waals surface area contributed by atoms with Crippen molar-refractivity contribution in [1.82, 2.24) is 0 Å². The van der Waals surface area contributed by atoms with E-state index in [0.29, 0.717) is 5.92 Å². The Labute approximate surface area is 132 Å². The molecule has 4 heteroatoms. The van der Waals surface area contributed by atoms with Gasteiger partial charge >= 0.3 is 11.9 Å². The van der Waals surface area contributed by atoms with Gasteiger partial charge in [0, 0.05) is 5.41 Å². The molecule has 3 atom stereocenters. The Hall–Kier alpha value is -1.58. The normalized spacial score (nSPS) is 31.6. The van der Waals surface area contributed by atoms with Crippen LogP contribution in [0.4, 0.5) is 0 Å². The second kappa shape index (κ2) is 5.56. The van der Waals surface area contributed by atoms with Gasteiger partial charge in [0.05, 0.1) is 17.8 Å². The summed E-state index contributed by atoms with van der Waals surface area (Å²) in [4.78, 5) is 23.9. The van der Waals surface area contributed by atoms with Gasteiger partial charge in [-0.05, 0) is 37.5 Å². The zero-order valence-electron chi connectivity index (χ0n) is 14.0. The van der Waals surface area contributed by atoms with Gasteiger partial charge < -0.3 is 9.47 Å². The van der Waals surface area contributed by atoms with Crippen LogP contribution in [0.15, 0.2) is 24.3 Å². The molecule has 0 aromatic heterocycles. The molecule has 0 aromatic carbocycles. The summed E-state index contributed by atoms with van der Waals surface area (Å²) in [5, 5.41) is 0. The van der Waals surface area contributed by atoms with Crippen molar-refractivity contribution in [2.75, 3.05) is 6.61 Å². The largest absolute Gasteiger partial charge is 0.462 e. The highest BCUT2D eigenvalue weighted by molar-refractivity contribution is 6.06. The molecule has 2 saturated carbocycles. The third-order valence-corrected chi connectivity index (χ3v) is 6.10. The van der Waals surface area contributed by atoms with Gasteiger partial charge in [0.15, 0.2) is 0 Å². The first-order valence-electron chi connectivity index (χ1n) is 7.91. The molecule has 0 spiro atoms. The first-order valence-corrected chi connectivity index (χ1v) is 7.91. The maximum absolute atomic E-state index is 12.3. The Balaban J connectivity index is 2.03. The lowest BCUT2D eigenvalue weighted by Crippen LogP contribution is -2.38. The fraction of sp³-hybridized carbons (Fsp3) is 0.667. The summed E-state index contributed by atoms with van der Waals surface area (Å²) in [6.07, 6.45) is 3.01. The van der Waals surface area contributed by atoms with Crippen molar-refractivity contribution >= 4 is 11.9 Å². The second-order valence-electron chi connectivity index (χ2n) is 7.18. The number of carbonyl (C=O) groups is 2. The molecule has 2 bridgehead atoms. The first kappa shape index (κ1) is 16.8. The number of ether oxygens (including phenoxy) is 2. The zero-order chi connectivity index (χ0) is 16.7. The van der Waals surface area contributed by atoms with E-state index < -0.39 is 11.9 Å². The minimum absolute atomic E-state index is 0.0115. The number of rotatable bonds is 5. The first-order chi connectivity index (χ1) is 10.1. The van der Waals surface area contributed by atoms with E-state index in [2.05, 4.69) is 33.9 Å². The lowest BCUT2D eigenvalue weighted by atomic mass is 9.70. The second-order valence-corrected chi connectivity index (χ2v) is 7.18. The summed E-state index contributed by atoms with van der Waals surface area (Å²) >= 11 is 0. The van der Waals surface area contributed by atoms with E-state index in [1.165, 1.54) is 6.42 Å². The predicted molar refractivity (Wildman–Crippen MR) is 84.0 cm³/mol. The summed E-state index contributed by atoms with van der Waals surface area (Å²) in [5.74, 6) is -0.603. The fourth-order valence-corrected chi connectivity index (χ4v) is 3.97. The maximum Gasteiger partial charge on any atom is 0.338 e. The Kier molecular flexibility index (Phi) is 4.24. The summed E-state index contributed by atoms with van der Waals surface area (Å²) in [5.41, 5.74) is 0.109. The van der Waals surface area contributed by atoms with Crippen molar-refractivity contribution < 1.29 is 19.1 Å². The Bertz CT molecular complexity index is 531. The molecule has 0 aromatic rings. The van der Waals surface area contributed by atoms with Gasteiger partial charge in [-0.3, -0.25) is 0 Å². The van der Waals surface area contributed by atoms with E-state index in [-0.39, 0.29) is 34.7 Å². The van der Waals surface area contributed by atoms with Crippen molar-refractivity contribution in [2.45, 2.75) is 53.1 Å². The summed E-state index contributed by atoms with van der Waals surface area (Å²) < 4.78 is 10.5. The van der Waals surface area contributed by atoms with Crippen molar-refractivity contribution in [3.63, 3.8) is 0 Å². The van der Waals surface area contributed by atoms with Crippen molar-refractivity contribution in [1.29, 1.82) is 0 Å². The van der Waals surface area contributed by atoms with Crippen LogP contribution in [0, 0.1) is 16.7 Å². The van der Waals surface area contributed by atoms with E-state index in [1.54, 1.807) is 6.92 Å². The fourth-order valence-electron chi connectivity index (χ4n) is 3.97. The minimum atomic E-state index is -0.621. The molecule has 2 rings (SSSR count). The quantitative estimate of drug-likeness (QED) is 0.444. The van der Waals surface area contributed by atoms with Crippen molar-refractivity contribution in [3.8, 4) is 0 Å². The van der Waals surface area contributed by atoms with Gasteiger partial charge in [-0.2, -0.15) is 0 Å². The van der Waals surface area contributed by atoms with Gasteiger partial charge in [0.1, 0.15) is 6.10 Å². The van der Waals surface area contributed by atoms with Crippen LogP contribution >= 0.6 is 0 Å². The third-order valence-electron chi connectivity index (χ3n) is 6.10. The number of carbonyl (C=O) groups excluding carboxylic acids is 2. The van der Waals surface area contributed by atoms with E-state index >= 15 is 0 Å². The van der Waals surface area contributed by atoms with E-state index in [0.717, 1.165) is 12.8 Å². The number of fused-ring (bicyclic) bond motifs is 2. The van der Waals surface area contributed by atoms with Crippen LogP contribution < -0.4 is 0 Å². The number of esters is 2. The molecule has 22 heavy (non-hydrogen) atoms. The van der Waals surface area contributed by atoms with Crippen molar-refractivity contribution in [2.24, 2.45) is 16.7 Å². The van der Waals surface area contributed by atoms with Crippen LogP contribution in [0.25, 0.3) is 0 Å². The Morgan fingerprint density at radius 1 is 1.14 bits per heavy atom. The molecule has 0 heterocycles. The summed E-state index contributed by atoms with van der Waals surface area (Å²) in [6, 6.07) is 0. The Morgan fingerprint density at radius 3 is 2.18 bits per heavy atom. The lowest BCUT2D eigenvalue weighted by molar-refractivity contribution is -0.152. The van der Waals surface area contributed by atoms with Gasteiger partial charge in [-0.25, -0.2) is 9.59 Å². The number of hydrogen-bond donors (Lipinski definition) is 0. The van der Waals surface area contributed by atoms with Crippen LogP contribution in [0.3, 0.4) is 0 Å². The molecular formula is C18H26O4. The van der Waals surface area contributed by atoms with Crippen LogP contribution in [0.5, 0.6) is 0 Å². The molecule has 0 radical (unpaired) electrons. The predicted octanol–water partition coefficient (Wildman–Crippen LogP) is 3.42. The third kappa shape index (κ3) is 2.38. The molecule has 2 aliphatic rings. The standard InChI is InChI=1S/C18H26O4/c1-7-21-15(19)11(2)12(3)16(20)22-14-10-13-8-9-18(14,6)17(13,4)5/h13-14H,2-3,7-10H2,1,4-6H3. The molecule has 3 unspecified atom stereocenters. The van der Waals surface area contributed by atoms with Crippen LogP contribution in [-0.4, -0.2) is 24.6 Å². The zero-order valence-corrected chi connectivity index (χ0v) is 14.0. The van der Waals surface area contributed by atoms with E-state index in [4.69, 9.17) is 9.47 Å². The maximum atomic E-state index is 12.3. The van der Waals surface area contributed by atoms with Crippen LogP contribution in [0.2, 0.25) is 0 Å². The van der Waals surface area contributed by atoms with Crippen LogP contribution in [-0.2, 0) is 19.1 Å². The van der Waals surface area contributed by atoms with Gasteiger partial charge in [-0.1, -0.05) is 33.9 Å². The monoisotopic (exact) mass is 306 g/mol. The molecule has 4 nitrogen and oxygen atoms in total. The van der Waals surface area contributed by atoms with Crippen molar-refractivity contribution in [3.05, 3.63) is 24.3 Å². The van der Waals surface area contributed by atoms with E-state index in [1.807, 2.05) is 0 Å². The van der Waals surface area contributed by atoms with Gasteiger partial charge in [0.25, 0.3) is 0 Å². The Morgan fingerprint density at radius 2 is 1.73 bits per heavy atom. The molecule has 0 saturated heterocycles. The average molecular weight is 306 g/mol. The van der Waals surface area contributed by atoms with E-state index in [9.17, 15) is 9.59 Å². The highest BCUT2D eigenvalue weighted by Gasteiger charge is 2.62. The highest BCUT2D eigenvalue weighted by Crippen LogP contribution is 2.66. The lowest BCUT2D eigenvalue weighted by Gasteiger charge is -2.38.